The standard InChI is InChI=1S/C15H24N2O2S/c18-20(19,15-8-2-1-3-9-15)12-13-10-11-17(16-13)14-6-4-5-7-14/h10-11,14-15H,1-9,12H2. The predicted octanol–water partition coefficient (Wildman–Crippen LogP) is 3.25. The Morgan fingerprint density at radius 2 is 1.70 bits per heavy atom. The highest BCUT2D eigenvalue weighted by molar-refractivity contribution is 7.91. The number of aromatic nitrogens is 2. The Labute approximate surface area is 121 Å². The molecule has 112 valence electrons. The maximum Gasteiger partial charge on any atom is 0.158 e. The van der Waals surface area contributed by atoms with Crippen LogP contribution in [-0.4, -0.2) is 23.4 Å². The van der Waals surface area contributed by atoms with E-state index in [0.29, 0.717) is 6.04 Å². The summed E-state index contributed by atoms with van der Waals surface area (Å²) in [5.41, 5.74) is 0.725. The zero-order chi connectivity index (χ0) is 14.0. The lowest BCUT2D eigenvalue weighted by atomic mass is 10.0. The van der Waals surface area contributed by atoms with Crippen LogP contribution in [0.2, 0.25) is 0 Å². The quantitative estimate of drug-likeness (QED) is 0.857. The first-order chi connectivity index (χ1) is 9.65. The highest BCUT2D eigenvalue weighted by Crippen LogP contribution is 2.29. The van der Waals surface area contributed by atoms with E-state index in [1.165, 1.54) is 32.1 Å². The van der Waals surface area contributed by atoms with Gasteiger partial charge in [0.1, 0.15) is 0 Å². The Bertz CT molecular complexity index is 538. The predicted molar refractivity (Wildman–Crippen MR) is 79.2 cm³/mol. The van der Waals surface area contributed by atoms with Gasteiger partial charge in [0, 0.05) is 6.20 Å². The smallest absolute Gasteiger partial charge is 0.158 e. The highest BCUT2D eigenvalue weighted by atomic mass is 32.2. The molecule has 0 amide bonds. The fraction of sp³-hybridized carbons (Fsp3) is 0.800. The van der Waals surface area contributed by atoms with Gasteiger partial charge in [-0.2, -0.15) is 5.10 Å². The van der Waals surface area contributed by atoms with Crippen molar-refractivity contribution in [1.29, 1.82) is 0 Å². The molecule has 5 heteroatoms. The van der Waals surface area contributed by atoms with Crippen LogP contribution < -0.4 is 0 Å². The highest BCUT2D eigenvalue weighted by Gasteiger charge is 2.28. The van der Waals surface area contributed by atoms with Gasteiger partial charge in [0.2, 0.25) is 0 Å². The van der Waals surface area contributed by atoms with Crippen LogP contribution in [0.1, 0.15) is 69.5 Å². The number of rotatable bonds is 4. The van der Waals surface area contributed by atoms with Gasteiger partial charge in [-0.1, -0.05) is 32.1 Å². The SMILES string of the molecule is O=S(=O)(Cc1ccn(C2CCCC2)n1)C1CCCCC1. The lowest BCUT2D eigenvalue weighted by molar-refractivity contribution is 0.462. The molecule has 0 saturated heterocycles. The zero-order valence-corrected chi connectivity index (χ0v) is 12.8. The van der Waals surface area contributed by atoms with E-state index in [2.05, 4.69) is 5.10 Å². The van der Waals surface area contributed by atoms with E-state index < -0.39 is 9.84 Å². The van der Waals surface area contributed by atoms with Gasteiger partial charge < -0.3 is 0 Å². The van der Waals surface area contributed by atoms with Crippen molar-refractivity contribution in [3.05, 3.63) is 18.0 Å². The summed E-state index contributed by atoms with van der Waals surface area (Å²) in [6.45, 7) is 0. The molecule has 3 rings (SSSR count). The molecule has 1 aromatic heterocycles. The normalized spacial score (nSPS) is 22.4. The van der Waals surface area contributed by atoms with Crippen LogP contribution in [0.25, 0.3) is 0 Å². The van der Waals surface area contributed by atoms with E-state index >= 15 is 0 Å². The topological polar surface area (TPSA) is 52.0 Å². The molecule has 2 aliphatic rings. The van der Waals surface area contributed by atoms with Crippen molar-refractivity contribution in [2.45, 2.75) is 74.8 Å². The maximum atomic E-state index is 12.4. The molecule has 0 bridgehead atoms. The molecule has 1 aromatic rings. The molecule has 20 heavy (non-hydrogen) atoms. The third kappa shape index (κ3) is 3.08. The van der Waals surface area contributed by atoms with Crippen LogP contribution in [-0.2, 0) is 15.6 Å². The molecule has 4 nitrogen and oxygen atoms in total. The van der Waals surface area contributed by atoms with Crippen molar-refractivity contribution >= 4 is 9.84 Å². The molecule has 0 aromatic carbocycles. The van der Waals surface area contributed by atoms with Crippen molar-refractivity contribution in [3.8, 4) is 0 Å². The fourth-order valence-corrected chi connectivity index (χ4v) is 5.43. The molecule has 0 unspecified atom stereocenters. The summed E-state index contributed by atoms with van der Waals surface area (Å²) in [7, 11) is -3.02. The molecule has 0 atom stereocenters. The first kappa shape index (κ1) is 14.1. The van der Waals surface area contributed by atoms with Crippen molar-refractivity contribution in [2.24, 2.45) is 0 Å². The van der Waals surface area contributed by atoms with Gasteiger partial charge in [0.05, 0.1) is 22.7 Å². The Balaban J connectivity index is 1.67. The van der Waals surface area contributed by atoms with Crippen LogP contribution in [0.4, 0.5) is 0 Å². The fourth-order valence-electron chi connectivity index (χ4n) is 3.57. The number of hydrogen-bond acceptors (Lipinski definition) is 3. The lowest BCUT2D eigenvalue weighted by Crippen LogP contribution is -2.25. The van der Waals surface area contributed by atoms with Gasteiger partial charge in [-0.3, -0.25) is 4.68 Å². The van der Waals surface area contributed by atoms with E-state index in [0.717, 1.165) is 31.4 Å². The Morgan fingerprint density at radius 3 is 2.40 bits per heavy atom. The van der Waals surface area contributed by atoms with Crippen LogP contribution in [0, 0.1) is 0 Å². The van der Waals surface area contributed by atoms with Crippen molar-refractivity contribution in [1.82, 2.24) is 9.78 Å². The summed E-state index contributed by atoms with van der Waals surface area (Å²) in [5, 5.41) is 4.38. The van der Waals surface area contributed by atoms with Crippen LogP contribution in [0.3, 0.4) is 0 Å². The number of hydrogen-bond donors (Lipinski definition) is 0. The average molecular weight is 296 g/mol. The van der Waals surface area contributed by atoms with Gasteiger partial charge in [-0.05, 0) is 31.7 Å². The first-order valence-electron chi connectivity index (χ1n) is 7.91. The average Bonchev–Trinajstić information content (AvgIpc) is 3.10. The molecular formula is C15H24N2O2S. The summed E-state index contributed by atoms with van der Waals surface area (Å²) in [6, 6.07) is 2.37. The summed E-state index contributed by atoms with van der Waals surface area (Å²) < 4.78 is 26.9. The zero-order valence-electron chi connectivity index (χ0n) is 12.0. The summed E-state index contributed by atoms with van der Waals surface area (Å²) >= 11 is 0. The molecule has 0 spiro atoms. The molecule has 0 aliphatic heterocycles. The Hall–Kier alpha value is -0.840. The van der Waals surface area contributed by atoms with Gasteiger partial charge in [0.15, 0.2) is 9.84 Å². The van der Waals surface area contributed by atoms with Crippen LogP contribution in [0.15, 0.2) is 12.3 Å². The van der Waals surface area contributed by atoms with Crippen LogP contribution >= 0.6 is 0 Å². The maximum absolute atomic E-state index is 12.4. The minimum absolute atomic E-state index is 0.122. The lowest BCUT2D eigenvalue weighted by Gasteiger charge is -2.21. The van der Waals surface area contributed by atoms with E-state index in [1.54, 1.807) is 0 Å². The molecular weight excluding hydrogens is 272 g/mol. The third-order valence-electron chi connectivity index (χ3n) is 4.77. The first-order valence-corrected chi connectivity index (χ1v) is 9.62. The summed E-state index contributed by atoms with van der Waals surface area (Å²) in [5.74, 6) is 0.122. The van der Waals surface area contributed by atoms with E-state index in [9.17, 15) is 8.42 Å². The van der Waals surface area contributed by atoms with Crippen molar-refractivity contribution in [3.63, 3.8) is 0 Å². The second kappa shape index (κ2) is 5.88. The largest absolute Gasteiger partial charge is 0.269 e. The second-order valence-electron chi connectivity index (χ2n) is 6.29. The van der Waals surface area contributed by atoms with Gasteiger partial charge in [-0.25, -0.2) is 8.42 Å². The third-order valence-corrected chi connectivity index (χ3v) is 6.96. The van der Waals surface area contributed by atoms with Crippen molar-refractivity contribution < 1.29 is 8.42 Å². The molecule has 2 saturated carbocycles. The van der Waals surface area contributed by atoms with Gasteiger partial charge in [-0.15, -0.1) is 0 Å². The van der Waals surface area contributed by atoms with Crippen LogP contribution in [0.5, 0.6) is 0 Å². The summed E-state index contributed by atoms with van der Waals surface area (Å²) in [6.07, 6.45) is 11.8. The second-order valence-corrected chi connectivity index (χ2v) is 8.57. The Kier molecular flexibility index (Phi) is 4.15. The number of sulfone groups is 1. The summed E-state index contributed by atoms with van der Waals surface area (Å²) in [4.78, 5) is 0. The molecule has 0 N–H and O–H groups in total. The van der Waals surface area contributed by atoms with E-state index in [-0.39, 0.29) is 11.0 Å². The molecule has 0 radical (unpaired) electrons. The van der Waals surface area contributed by atoms with Gasteiger partial charge >= 0.3 is 0 Å². The molecule has 2 aliphatic carbocycles. The van der Waals surface area contributed by atoms with Gasteiger partial charge in [0.25, 0.3) is 0 Å². The van der Waals surface area contributed by atoms with E-state index in [1.807, 2.05) is 16.9 Å². The molecule has 2 fully saturated rings. The minimum atomic E-state index is -3.02. The Morgan fingerprint density at radius 1 is 1.05 bits per heavy atom. The van der Waals surface area contributed by atoms with E-state index in [4.69, 9.17) is 0 Å². The van der Waals surface area contributed by atoms with Crippen molar-refractivity contribution in [2.75, 3.05) is 0 Å². The monoisotopic (exact) mass is 296 g/mol. The number of nitrogens with zero attached hydrogens (tertiary/aromatic N) is 2. The minimum Gasteiger partial charge on any atom is -0.269 e. The molecule has 1 heterocycles.